The van der Waals surface area contributed by atoms with Gasteiger partial charge in [0.15, 0.2) is 6.29 Å². The van der Waals surface area contributed by atoms with Gasteiger partial charge in [0, 0.05) is 12.0 Å². The number of hydrogen-bond donors (Lipinski definition) is 3. The molecule has 1 aliphatic rings. The Bertz CT molecular complexity index is 255. The van der Waals surface area contributed by atoms with Crippen LogP contribution >= 0.6 is 0 Å². The van der Waals surface area contributed by atoms with Crippen molar-refractivity contribution in [2.24, 2.45) is 5.11 Å². The van der Waals surface area contributed by atoms with Crippen LogP contribution in [0.1, 0.15) is 0 Å². The lowest BCUT2D eigenvalue weighted by atomic mass is 9.99. The Kier molecular flexibility index (Phi) is 4.28. The van der Waals surface area contributed by atoms with Crippen molar-refractivity contribution in [1.29, 1.82) is 0 Å². The number of aliphatic hydroxyl groups is 3. The smallest absolute Gasteiger partial charge is 0.186 e. The van der Waals surface area contributed by atoms with Crippen molar-refractivity contribution >= 4 is 0 Å². The molecule has 8 nitrogen and oxygen atoms in total. The van der Waals surface area contributed by atoms with E-state index in [2.05, 4.69) is 10.0 Å². The fourth-order valence-corrected chi connectivity index (χ4v) is 1.38. The molecule has 1 fully saturated rings. The van der Waals surface area contributed by atoms with Crippen LogP contribution in [0.5, 0.6) is 0 Å². The Morgan fingerprint density at radius 1 is 1.33 bits per heavy atom. The minimum Gasteiger partial charge on any atom is -0.388 e. The van der Waals surface area contributed by atoms with Gasteiger partial charge < -0.3 is 24.8 Å². The van der Waals surface area contributed by atoms with Crippen LogP contribution in [0.4, 0.5) is 0 Å². The average Bonchev–Trinajstić information content (AvgIpc) is 2.25. The van der Waals surface area contributed by atoms with E-state index in [1.807, 2.05) is 0 Å². The topological polar surface area (TPSA) is 128 Å². The van der Waals surface area contributed by atoms with Gasteiger partial charge in [0.25, 0.3) is 0 Å². The van der Waals surface area contributed by atoms with Crippen LogP contribution in [-0.4, -0.2) is 59.7 Å². The van der Waals surface area contributed by atoms with Gasteiger partial charge in [-0.05, 0) is 5.53 Å². The van der Waals surface area contributed by atoms with Crippen LogP contribution in [0.3, 0.4) is 0 Å². The molecule has 0 spiro atoms. The molecular formula is C7H13N3O5. The Labute approximate surface area is 85.7 Å². The maximum absolute atomic E-state index is 9.47. The van der Waals surface area contributed by atoms with Crippen molar-refractivity contribution < 1.29 is 24.8 Å². The number of rotatable bonds is 3. The zero-order valence-corrected chi connectivity index (χ0v) is 8.09. The first-order chi connectivity index (χ1) is 7.11. The molecule has 0 saturated carbocycles. The van der Waals surface area contributed by atoms with Crippen molar-refractivity contribution in [2.75, 3.05) is 13.7 Å². The quantitative estimate of drug-likeness (QED) is 0.310. The summed E-state index contributed by atoms with van der Waals surface area (Å²) in [7, 11) is 1.29. The number of hydrogen-bond acceptors (Lipinski definition) is 6. The molecule has 0 bridgehead atoms. The zero-order chi connectivity index (χ0) is 11.4. The number of aliphatic hydroxyl groups excluding tert-OH is 3. The summed E-state index contributed by atoms with van der Waals surface area (Å²) in [6.45, 7) is -0.138. The standard InChI is InChI=1S/C7H13N3O5/c1-14-7-6(13)5(12)4(11)3(15-7)2-9-10-8/h3-7,11-13H,2H2,1H3/t3-,4?,5+,6+,7-/m1/s1. The van der Waals surface area contributed by atoms with E-state index in [4.69, 9.17) is 15.0 Å². The van der Waals surface area contributed by atoms with Crippen LogP contribution in [0.25, 0.3) is 10.4 Å². The fourth-order valence-electron chi connectivity index (χ4n) is 1.38. The summed E-state index contributed by atoms with van der Waals surface area (Å²) in [5.74, 6) is 0. The Balaban J connectivity index is 2.69. The predicted octanol–water partition coefficient (Wildman–Crippen LogP) is -1.25. The first-order valence-corrected chi connectivity index (χ1v) is 4.35. The lowest BCUT2D eigenvalue weighted by Gasteiger charge is -2.39. The molecule has 0 radical (unpaired) electrons. The van der Waals surface area contributed by atoms with Gasteiger partial charge in [0.2, 0.25) is 0 Å². The maximum atomic E-state index is 9.47. The van der Waals surface area contributed by atoms with Gasteiger partial charge >= 0.3 is 0 Å². The molecular weight excluding hydrogens is 206 g/mol. The third-order valence-corrected chi connectivity index (χ3v) is 2.23. The van der Waals surface area contributed by atoms with Gasteiger partial charge in [-0.25, -0.2) is 0 Å². The van der Waals surface area contributed by atoms with Gasteiger partial charge in [-0.1, -0.05) is 5.11 Å². The van der Waals surface area contributed by atoms with E-state index in [0.29, 0.717) is 0 Å². The monoisotopic (exact) mass is 219 g/mol. The molecule has 0 aromatic heterocycles. The molecule has 0 aliphatic carbocycles. The molecule has 1 heterocycles. The van der Waals surface area contributed by atoms with Gasteiger partial charge in [-0.2, -0.15) is 0 Å². The lowest BCUT2D eigenvalue weighted by molar-refractivity contribution is -0.287. The largest absolute Gasteiger partial charge is 0.388 e. The summed E-state index contributed by atoms with van der Waals surface area (Å²) in [6, 6.07) is 0. The van der Waals surface area contributed by atoms with E-state index in [0.717, 1.165) is 0 Å². The summed E-state index contributed by atoms with van der Waals surface area (Å²) in [4.78, 5) is 2.51. The van der Waals surface area contributed by atoms with E-state index in [1.165, 1.54) is 7.11 Å². The number of nitrogens with zero attached hydrogens (tertiary/aromatic N) is 3. The van der Waals surface area contributed by atoms with E-state index < -0.39 is 30.7 Å². The molecule has 1 rings (SSSR count). The van der Waals surface area contributed by atoms with E-state index in [1.54, 1.807) is 0 Å². The van der Waals surface area contributed by atoms with E-state index >= 15 is 0 Å². The first kappa shape index (κ1) is 12.2. The van der Waals surface area contributed by atoms with E-state index in [9.17, 15) is 15.3 Å². The fraction of sp³-hybridized carbons (Fsp3) is 1.00. The zero-order valence-electron chi connectivity index (χ0n) is 8.09. The highest BCUT2D eigenvalue weighted by atomic mass is 16.7. The Morgan fingerprint density at radius 3 is 2.53 bits per heavy atom. The number of azide groups is 1. The summed E-state index contributed by atoms with van der Waals surface area (Å²) in [5.41, 5.74) is 8.10. The third-order valence-electron chi connectivity index (χ3n) is 2.23. The normalized spacial score (nSPS) is 40.9. The Morgan fingerprint density at radius 2 is 2.00 bits per heavy atom. The summed E-state index contributed by atoms with van der Waals surface area (Å²) in [6.07, 6.45) is -5.95. The second kappa shape index (κ2) is 5.26. The van der Waals surface area contributed by atoms with Gasteiger partial charge in [0.1, 0.15) is 18.3 Å². The second-order valence-corrected chi connectivity index (χ2v) is 3.16. The van der Waals surface area contributed by atoms with Crippen LogP contribution < -0.4 is 0 Å². The molecule has 8 heteroatoms. The van der Waals surface area contributed by atoms with E-state index in [-0.39, 0.29) is 6.54 Å². The van der Waals surface area contributed by atoms with Crippen molar-refractivity contribution in [2.45, 2.75) is 30.7 Å². The summed E-state index contributed by atoms with van der Waals surface area (Å²) >= 11 is 0. The second-order valence-electron chi connectivity index (χ2n) is 3.16. The molecule has 0 aromatic rings. The van der Waals surface area contributed by atoms with Crippen molar-refractivity contribution in [1.82, 2.24) is 0 Å². The minimum absolute atomic E-state index is 0.138. The highest BCUT2D eigenvalue weighted by molar-refractivity contribution is 4.89. The van der Waals surface area contributed by atoms with Crippen molar-refractivity contribution in [3.63, 3.8) is 0 Å². The Hall–Kier alpha value is -0.890. The van der Waals surface area contributed by atoms with Crippen LogP contribution in [0.15, 0.2) is 5.11 Å². The number of methoxy groups -OCH3 is 1. The summed E-state index contributed by atoms with van der Waals surface area (Å²) < 4.78 is 9.84. The SMILES string of the molecule is CO[C@@H]1O[C@H](CN=[N+]=[N-])C(O)[C@H](O)[C@@H]1O. The molecule has 1 saturated heterocycles. The average molecular weight is 219 g/mol. The molecule has 3 N–H and O–H groups in total. The highest BCUT2D eigenvalue weighted by Gasteiger charge is 2.43. The number of ether oxygens (including phenoxy) is 2. The van der Waals surface area contributed by atoms with Crippen molar-refractivity contribution in [3.8, 4) is 0 Å². The van der Waals surface area contributed by atoms with Gasteiger partial charge in [0.05, 0.1) is 12.6 Å². The predicted molar refractivity (Wildman–Crippen MR) is 47.7 cm³/mol. The molecule has 0 amide bonds. The summed E-state index contributed by atoms with van der Waals surface area (Å²) in [5, 5.41) is 31.5. The molecule has 15 heavy (non-hydrogen) atoms. The molecule has 1 unspecified atom stereocenters. The minimum atomic E-state index is -1.39. The van der Waals surface area contributed by atoms with Gasteiger partial charge in [-0.15, -0.1) is 0 Å². The third kappa shape index (κ3) is 2.57. The van der Waals surface area contributed by atoms with Gasteiger partial charge in [-0.3, -0.25) is 0 Å². The highest BCUT2D eigenvalue weighted by Crippen LogP contribution is 2.21. The van der Waals surface area contributed by atoms with Crippen molar-refractivity contribution in [3.05, 3.63) is 10.4 Å². The van der Waals surface area contributed by atoms with Crippen LogP contribution in [0, 0.1) is 0 Å². The molecule has 5 atom stereocenters. The molecule has 86 valence electrons. The van der Waals surface area contributed by atoms with Crippen LogP contribution in [-0.2, 0) is 9.47 Å². The molecule has 0 aromatic carbocycles. The van der Waals surface area contributed by atoms with Crippen LogP contribution in [0.2, 0.25) is 0 Å². The maximum Gasteiger partial charge on any atom is 0.186 e. The lowest BCUT2D eigenvalue weighted by Crippen LogP contribution is -2.58. The first-order valence-electron chi connectivity index (χ1n) is 4.35. The molecule has 1 aliphatic heterocycles.